The molecule has 0 N–H and O–H groups in total. The fourth-order valence-electron chi connectivity index (χ4n) is 3.46. The van der Waals surface area contributed by atoms with Crippen molar-refractivity contribution in [1.82, 2.24) is 4.98 Å². The van der Waals surface area contributed by atoms with E-state index in [0.717, 1.165) is 33.5 Å². The number of hydrogen-bond acceptors (Lipinski definition) is 4. The van der Waals surface area contributed by atoms with Crippen LogP contribution in [0.25, 0.3) is 10.2 Å². The largest absolute Gasteiger partial charge is 0.494 e. The standard InChI is InChI=1S/C26H26N2O2S/c1-3-19-10-12-20(13-11-19)16-25(29)28(18-21-8-6-5-7-9-21)26-27-23-15-14-22(30-4-2)17-24(23)31-26/h5-15,17H,3-4,16,18H2,1-2H3. The summed E-state index contributed by atoms with van der Waals surface area (Å²) in [6.45, 7) is 5.21. The Kier molecular flexibility index (Phi) is 6.63. The summed E-state index contributed by atoms with van der Waals surface area (Å²) in [5, 5.41) is 0.711. The summed E-state index contributed by atoms with van der Waals surface area (Å²) in [5.74, 6) is 0.860. The highest BCUT2D eigenvalue weighted by Crippen LogP contribution is 2.32. The molecule has 1 amide bonds. The lowest BCUT2D eigenvalue weighted by atomic mass is 10.1. The van der Waals surface area contributed by atoms with Crippen molar-refractivity contribution in [2.45, 2.75) is 33.2 Å². The first-order valence-electron chi connectivity index (χ1n) is 10.6. The molecule has 1 heterocycles. The Morgan fingerprint density at radius 2 is 1.68 bits per heavy atom. The van der Waals surface area contributed by atoms with E-state index in [9.17, 15) is 4.79 Å². The summed E-state index contributed by atoms with van der Waals surface area (Å²) in [7, 11) is 0. The van der Waals surface area contributed by atoms with Crippen LogP contribution in [0.1, 0.15) is 30.5 Å². The van der Waals surface area contributed by atoms with Crippen LogP contribution in [-0.4, -0.2) is 17.5 Å². The maximum Gasteiger partial charge on any atom is 0.233 e. The van der Waals surface area contributed by atoms with Crippen molar-refractivity contribution in [3.8, 4) is 5.75 Å². The minimum Gasteiger partial charge on any atom is -0.494 e. The Morgan fingerprint density at radius 1 is 0.935 bits per heavy atom. The molecule has 3 aromatic carbocycles. The molecule has 158 valence electrons. The molecule has 0 aliphatic rings. The molecule has 5 heteroatoms. The molecule has 0 saturated heterocycles. The van der Waals surface area contributed by atoms with Gasteiger partial charge in [-0.3, -0.25) is 9.69 Å². The molecule has 0 aliphatic carbocycles. The van der Waals surface area contributed by atoms with E-state index < -0.39 is 0 Å². The van der Waals surface area contributed by atoms with Gasteiger partial charge >= 0.3 is 0 Å². The molecule has 1 aromatic heterocycles. The zero-order valence-electron chi connectivity index (χ0n) is 17.9. The van der Waals surface area contributed by atoms with Gasteiger partial charge in [-0.05, 0) is 48.2 Å². The molecule has 4 aromatic rings. The summed E-state index contributed by atoms with van der Waals surface area (Å²) in [4.78, 5) is 20.0. The number of ether oxygens (including phenoxy) is 1. The molecule has 4 nitrogen and oxygen atoms in total. The van der Waals surface area contributed by atoms with E-state index in [1.54, 1.807) is 4.90 Å². The van der Waals surface area contributed by atoms with Gasteiger partial charge in [0.1, 0.15) is 5.75 Å². The number of amides is 1. The highest BCUT2D eigenvalue weighted by molar-refractivity contribution is 7.22. The maximum atomic E-state index is 13.4. The van der Waals surface area contributed by atoms with Gasteiger partial charge < -0.3 is 4.74 Å². The van der Waals surface area contributed by atoms with Crippen LogP contribution in [0.2, 0.25) is 0 Å². The zero-order valence-corrected chi connectivity index (χ0v) is 18.7. The van der Waals surface area contributed by atoms with Crippen LogP contribution in [0.15, 0.2) is 72.8 Å². The van der Waals surface area contributed by atoms with Crippen molar-refractivity contribution in [1.29, 1.82) is 0 Å². The molecule has 31 heavy (non-hydrogen) atoms. The Hall–Kier alpha value is -3.18. The second kappa shape index (κ2) is 9.75. The quantitative estimate of drug-likeness (QED) is 0.343. The van der Waals surface area contributed by atoms with Gasteiger partial charge in [-0.1, -0.05) is 72.9 Å². The fraction of sp³-hybridized carbons (Fsp3) is 0.231. The lowest BCUT2D eigenvalue weighted by molar-refractivity contribution is -0.118. The normalized spacial score (nSPS) is 10.9. The van der Waals surface area contributed by atoms with Crippen molar-refractivity contribution < 1.29 is 9.53 Å². The third-order valence-corrected chi connectivity index (χ3v) is 6.20. The predicted octanol–water partition coefficient (Wildman–Crippen LogP) is 6.03. The summed E-state index contributed by atoms with van der Waals surface area (Å²) in [6.07, 6.45) is 1.33. The molecular weight excluding hydrogens is 404 g/mol. The van der Waals surface area contributed by atoms with Crippen LogP contribution in [0, 0.1) is 0 Å². The average Bonchev–Trinajstić information content (AvgIpc) is 3.22. The van der Waals surface area contributed by atoms with Gasteiger partial charge in [0.2, 0.25) is 5.91 Å². The number of carbonyl (C=O) groups excluding carboxylic acids is 1. The number of benzene rings is 3. The maximum absolute atomic E-state index is 13.4. The van der Waals surface area contributed by atoms with Crippen molar-refractivity contribution in [2.75, 3.05) is 11.5 Å². The van der Waals surface area contributed by atoms with Gasteiger partial charge in [0, 0.05) is 0 Å². The van der Waals surface area contributed by atoms with Crippen LogP contribution in [0.4, 0.5) is 5.13 Å². The third kappa shape index (κ3) is 5.12. The van der Waals surface area contributed by atoms with Crippen molar-refractivity contribution in [3.05, 3.63) is 89.5 Å². The monoisotopic (exact) mass is 430 g/mol. The first-order chi connectivity index (χ1) is 15.2. The van der Waals surface area contributed by atoms with Crippen molar-refractivity contribution in [3.63, 3.8) is 0 Å². The Morgan fingerprint density at radius 3 is 2.39 bits per heavy atom. The molecule has 0 atom stereocenters. The summed E-state index contributed by atoms with van der Waals surface area (Å²) in [6, 6.07) is 24.2. The fourth-order valence-corrected chi connectivity index (χ4v) is 4.47. The van der Waals surface area contributed by atoms with Gasteiger partial charge in [-0.15, -0.1) is 0 Å². The summed E-state index contributed by atoms with van der Waals surface area (Å²) >= 11 is 1.52. The number of anilines is 1. The Bertz CT molecular complexity index is 1150. The van der Waals surface area contributed by atoms with E-state index in [4.69, 9.17) is 9.72 Å². The van der Waals surface area contributed by atoms with Gasteiger partial charge in [0.25, 0.3) is 0 Å². The molecule has 4 rings (SSSR count). The number of aromatic nitrogens is 1. The third-order valence-electron chi connectivity index (χ3n) is 5.16. The van der Waals surface area contributed by atoms with Crippen LogP contribution < -0.4 is 9.64 Å². The zero-order chi connectivity index (χ0) is 21.6. The van der Waals surface area contributed by atoms with E-state index in [-0.39, 0.29) is 5.91 Å². The van der Waals surface area contributed by atoms with Crippen LogP contribution in [-0.2, 0) is 24.2 Å². The number of fused-ring (bicyclic) bond motifs is 1. The molecule has 0 bridgehead atoms. The lowest BCUT2D eigenvalue weighted by Gasteiger charge is -2.20. The summed E-state index contributed by atoms with van der Waals surface area (Å²) in [5.41, 5.74) is 4.24. The highest BCUT2D eigenvalue weighted by atomic mass is 32.1. The molecule has 0 saturated carbocycles. The van der Waals surface area contributed by atoms with Gasteiger partial charge in [-0.25, -0.2) is 4.98 Å². The first-order valence-corrected chi connectivity index (χ1v) is 11.4. The first kappa shape index (κ1) is 21.1. The summed E-state index contributed by atoms with van der Waals surface area (Å²) < 4.78 is 6.64. The molecule has 0 fully saturated rings. The van der Waals surface area contributed by atoms with Crippen molar-refractivity contribution >= 4 is 32.6 Å². The SMILES string of the molecule is CCOc1ccc2nc(N(Cc3ccccc3)C(=O)Cc3ccc(CC)cc3)sc2c1. The molecule has 0 aliphatic heterocycles. The number of thiazole rings is 1. The van der Waals surface area contributed by atoms with Crippen LogP contribution >= 0.6 is 11.3 Å². The van der Waals surface area contributed by atoms with Gasteiger partial charge in [-0.2, -0.15) is 0 Å². The van der Waals surface area contributed by atoms with E-state index in [2.05, 4.69) is 19.1 Å². The average molecular weight is 431 g/mol. The second-order valence-corrected chi connectivity index (χ2v) is 8.38. The second-order valence-electron chi connectivity index (χ2n) is 7.37. The Labute approximate surface area is 187 Å². The van der Waals surface area contributed by atoms with Gasteiger partial charge in [0.05, 0.1) is 29.8 Å². The number of aryl methyl sites for hydroxylation is 1. The highest BCUT2D eigenvalue weighted by Gasteiger charge is 2.21. The minimum absolute atomic E-state index is 0.0391. The molecule has 0 spiro atoms. The van der Waals surface area contributed by atoms with E-state index in [1.165, 1.54) is 16.9 Å². The number of nitrogens with zero attached hydrogens (tertiary/aromatic N) is 2. The van der Waals surface area contributed by atoms with Gasteiger partial charge in [0.15, 0.2) is 5.13 Å². The number of carbonyl (C=O) groups is 1. The molecule has 0 unspecified atom stereocenters. The predicted molar refractivity (Wildman–Crippen MR) is 128 cm³/mol. The number of rotatable bonds is 8. The smallest absolute Gasteiger partial charge is 0.233 e. The lowest BCUT2D eigenvalue weighted by Crippen LogP contribution is -2.31. The molecular formula is C26H26N2O2S. The van der Waals surface area contributed by atoms with Crippen molar-refractivity contribution in [2.24, 2.45) is 0 Å². The van der Waals surface area contributed by atoms with E-state index in [0.29, 0.717) is 24.7 Å². The molecule has 0 radical (unpaired) electrons. The Balaban J connectivity index is 1.64. The number of hydrogen-bond donors (Lipinski definition) is 0. The minimum atomic E-state index is 0.0391. The van der Waals surface area contributed by atoms with E-state index in [1.807, 2.05) is 67.6 Å². The van der Waals surface area contributed by atoms with E-state index >= 15 is 0 Å². The van der Waals surface area contributed by atoms with Crippen LogP contribution in [0.3, 0.4) is 0 Å². The van der Waals surface area contributed by atoms with Crippen LogP contribution in [0.5, 0.6) is 5.75 Å². The topological polar surface area (TPSA) is 42.4 Å².